The van der Waals surface area contributed by atoms with Crippen LogP contribution in [0.1, 0.15) is 0 Å². The molecular weight excluding hydrogens is 496 g/mol. The van der Waals surface area contributed by atoms with Gasteiger partial charge >= 0.3 is 11.9 Å². The zero-order valence-corrected chi connectivity index (χ0v) is 20.9. The highest BCUT2D eigenvalue weighted by Gasteiger charge is 2.20. The van der Waals surface area contributed by atoms with Gasteiger partial charge in [0.15, 0.2) is 12.2 Å². The second-order valence-corrected chi connectivity index (χ2v) is 8.79. The lowest BCUT2D eigenvalue weighted by atomic mass is 10.1. The lowest BCUT2D eigenvalue weighted by molar-refractivity contribution is -0.147. The normalized spacial score (nSPS) is 12.3. The largest absolute Gasteiger partial charge is 0.489 e. The van der Waals surface area contributed by atoms with E-state index in [1.54, 1.807) is 6.07 Å². The third-order valence-corrected chi connectivity index (χ3v) is 6.07. The number of aliphatic hydroxyl groups excluding tert-OH is 2. The second-order valence-electron chi connectivity index (χ2n) is 7.68. The maximum absolute atomic E-state index is 11.6. The number of carbonyl (C=O) groups is 2. The van der Waals surface area contributed by atoms with Gasteiger partial charge in [0.1, 0.15) is 24.7 Å². The van der Waals surface area contributed by atoms with Crippen molar-refractivity contribution in [1.29, 1.82) is 0 Å². The van der Waals surface area contributed by atoms with Gasteiger partial charge in [-0.3, -0.25) is 0 Å². The van der Waals surface area contributed by atoms with Gasteiger partial charge in [-0.2, -0.15) is 0 Å². The summed E-state index contributed by atoms with van der Waals surface area (Å²) >= 11 is 1.44. The number of benzene rings is 3. The molecule has 0 spiro atoms. The Morgan fingerprint density at radius 2 is 1.35 bits per heavy atom. The average molecular weight is 525 g/mol. The molecule has 0 amide bonds. The van der Waals surface area contributed by atoms with E-state index in [4.69, 9.17) is 18.9 Å². The van der Waals surface area contributed by atoms with Gasteiger partial charge < -0.3 is 29.2 Å². The van der Waals surface area contributed by atoms with E-state index < -0.39 is 37.4 Å². The molecule has 3 rings (SSSR count). The molecular formula is C28H28O8S. The first kappa shape index (κ1) is 27.8. The number of ether oxygens (including phenoxy) is 4. The lowest BCUT2D eigenvalue weighted by Gasteiger charge is -2.21. The van der Waals surface area contributed by atoms with Gasteiger partial charge in [-0.15, -0.1) is 0 Å². The van der Waals surface area contributed by atoms with Crippen molar-refractivity contribution in [3.8, 4) is 11.5 Å². The number of rotatable bonds is 14. The van der Waals surface area contributed by atoms with E-state index in [0.29, 0.717) is 27.2 Å². The van der Waals surface area contributed by atoms with Gasteiger partial charge in [-0.25, -0.2) is 9.59 Å². The number of carbonyl (C=O) groups excluding carboxylic acids is 2. The van der Waals surface area contributed by atoms with Crippen molar-refractivity contribution in [2.45, 2.75) is 22.0 Å². The van der Waals surface area contributed by atoms with E-state index in [0.717, 1.165) is 17.0 Å². The maximum Gasteiger partial charge on any atom is 0.330 e. The number of esters is 2. The molecule has 194 valence electrons. The van der Waals surface area contributed by atoms with Crippen LogP contribution >= 0.6 is 11.8 Å². The van der Waals surface area contributed by atoms with Crippen molar-refractivity contribution in [2.75, 3.05) is 26.4 Å². The Labute approximate surface area is 219 Å². The molecule has 0 aliphatic rings. The Balaban J connectivity index is 1.98. The molecule has 0 radical (unpaired) electrons. The number of hydrogen-bond acceptors (Lipinski definition) is 9. The van der Waals surface area contributed by atoms with Crippen molar-refractivity contribution in [3.05, 3.63) is 86.0 Å². The van der Waals surface area contributed by atoms with E-state index in [1.807, 2.05) is 54.6 Å². The minimum Gasteiger partial charge on any atom is -0.489 e. The summed E-state index contributed by atoms with van der Waals surface area (Å²) in [5, 5.41) is 20.7. The predicted octanol–water partition coefficient (Wildman–Crippen LogP) is 3.93. The fraction of sp³-hybridized carbons (Fsp3) is 0.214. The van der Waals surface area contributed by atoms with Crippen molar-refractivity contribution in [2.24, 2.45) is 0 Å². The topological polar surface area (TPSA) is 112 Å². The summed E-state index contributed by atoms with van der Waals surface area (Å²) in [4.78, 5) is 24.8. The van der Waals surface area contributed by atoms with Crippen LogP contribution in [0.25, 0.3) is 10.8 Å². The molecule has 8 nitrogen and oxygen atoms in total. The molecule has 3 aromatic rings. The third-order valence-electron chi connectivity index (χ3n) is 5.04. The molecule has 0 fully saturated rings. The minimum absolute atomic E-state index is 0.0835. The zero-order valence-electron chi connectivity index (χ0n) is 20.1. The third kappa shape index (κ3) is 7.85. The van der Waals surface area contributed by atoms with Crippen LogP contribution in [-0.2, 0) is 19.1 Å². The summed E-state index contributed by atoms with van der Waals surface area (Å²) in [6.45, 7) is 5.72. The molecule has 37 heavy (non-hydrogen) atoms. The first-order valence-corrected chi connectivity index (χ1v) is 12.2. The van der Waals surface area contributed by atoms with Crippen molar-refractivity contribution >= 4 is 34.5 Å². The van der Waals surface area contributed by atoms with Crippen LogP contribution in [0.5, 0.6) is 11.5 Å². The Morgan fingerprint density at radius 1 is 0.811 bits per heavy atom. The molecule has 2 atom stereocenters. The first-order valence-electron chi connectivity index (χ1n) is 11.4. The monoisotopic (exact) mass is 524 g/mol. The molecule has 2 unspecified atom stereocenters. The molecule has 0 bridgehead atoms. The highest BCUT2D eigenvalue weighted by molar-refractivity contribution is 7.99. The molecule has 3 aromatic carbocycles. The second kappa shape index (κ2) is 14.1. The molecule has 0 heterocycles. The Hall–Kier alpha value is -3.79. The summed E-state index contributed by atoms with van der Waals surface area (Å²) in [5.41, 5.74) is 0. The lowest BCUT2D eigenvalue weighted by Crippen LogP contribution is -2.28. The molecule has 2 N–H and O–H groups in total. The van der Waals surface area contributed by atoms with E-state index in [9.17, 15) is 19.8 Å². The van der Waals surface area contributed by atoms with E-state index >= 15 is 0 Å². The van der Waals surface area contributed by atoms with Gasteiger partial charge in [0.25, 0.3) is 0 Å². The van der Waals surface area contributed by atoms with Gasteiger partial charge in [-0.1, -0.05) is 67.4 Å². The highest BCUT2D eigenvalue weighted by Crippen LogP contribution is 2.44. The summed E-state index contributed by atoms with van der Waals surface area (Å²) in [5.74, 6) is -0.314. The van der Waals surface area contributed by atoms with Crippen LogP contribution in [0.15, 0.2) is 95.8 Å². The standard InChI is InChI=1S/C28H28O8S/c1-3-26(31)35-19(15-29)17-33-24-14-25(37-21-10-6-5-7-11-21)28(23-13-9-8-12-22(23)24)34-18-20(16-30)36-27(32)4-2/h3-14,19-20,29-30H,1-2,15-18H2. The Kier molecular flexibility index (Phi) is 10.6. The molecule has 0 aliphatic carbocycles. The molecule has 0 saturated heterocycles. The van der Waals surface area contributed by atoms with Crippen LogP contribution < -0.4 is 9.47 Å². The zero-order chi connectivity index (χ0) is 26.6. The van der Waals surface area contributed by atoms with Gasteiger partial charge in [0.05, 0.1) is 18.1 Å². The van der Waals surface area contributed by atoms with Gasteiger partial charge in [-0.05, 0) is 18.2 Å². The molecule has 0 aromatic heterocycles. The van der Waals surface area contributed by atoms with E-state index in [-0.39, 0.29) is 13.2 Å². The quantitative estimate of drug-likeness (QED) is 0.239. The average Bonchev–Trinajstić information content (AvgIpc) is 2.94. The fourth-order valence-electron chi connectivity index (χ4n) is 3.28. The predicted molar refractivity (Wildman–Crippen MR) is 140 cm³/mol. The van der Waals surface area contributed by atoms with E-state index in [1.165, 1.54) is 11.8 Å². The Morgan fingerprint density at radius 3 is 1.92 bits per heavy atom. The van der Waals surface area contributed by atoms with Crippen LogP contribution in [0.3, 0.4) is 0 Å². The van der Waals surface area contributed by atoms with Gasteiger partial charge in [0.2, 0.25) is 0 Å². The van der Waals surface area contributed by atoms with Crippen LogP contribution in [0.2, 0.25) is 0 Å². The molecule has 0 saturated carbocycles. The van der Waals surface area contributed by atoms with Crippen LogP contribution in [-0.4, -0.2) is 60.8 Å². The summed E-state index contributed by atoms with van der Waals surface area (Å²) in [6.07, 6.45) is 0.271. The Bertz CT molecular complexity index is 1230. The van der Waals surface area contributed by atoms with Crippen molar-refractivity contribution < 1.29 is 38.7 Å². The summed E-state index contributed by atoms with van der Waals surface area (Å²) in [6, 6.07) is 18.8. The van der Waals surface area contributed by atoms with Crippen LogP contribution in [0, 0.1) is 0 Å². The minimum atomic E-state index is -0.889. The first-order chi connectivity index (χ1) is 18.0. The number of aliphatic hydroxyl groups is 2. The maximum atomic E-state index is 11.6. The highest BCUT2D eigenvalue weighted by atomic mass is 32.2. The summed E-state index contributed by atoms with van der Waals surface area (Å²) < 4.78 is 22.4. The van der Waals surface area contributed by atoms with E-state index in [2.05, 4.69) is 13.2 Å². The van der Waals surface area contributed by atoms with Crippen molar-refractivity contribution in [1.82, 2.24) is 0 Å². The molecule has 9 heteroatoms. The fourth-order valence-corrected chi connectivity index (χ4v) is 4.26. The number of fused-ring (bicyclic) bond motifs is 1. The summed E-state index contributed by atoms with van der Waals surface area (Å²) in [7, 11) is 0. The van der Waals surface area contributed by atoms with Crippen LogP contribution in [0.4, 0.5) is 0 Å². The SMILES string of the molecule is C=CC(=O)OC(CO)COc1cc(Sc2ccccc2)c(OCC(CO)OC(=O)C=C)c2ccccc12. The number of hydrogen-bond donors (Lipinski definition) is 2. The smallest absolute Gasteiger partial charge is 0.330 e. The van der Waals surface area contributed by atoms with Crippen molar-refractivity contribution in [3.63, 3.8) is 0 Å². The molecule has 0 aliphatic heterocycles. The van der Waals surface area contributed by atoms with Gasteiger partial charge in [0, 0.05) is 27.8 Å².